The number of hydrogen-bond acceptors (Lipinski definition) is 9. The van der Waals surface area contributed by atoms with Crippen LogP contribution < -0.4 is 10.6 Å². The van der Waals surface area contributed by atoms with Crippen molar-refractivity contribution in [3.63, 3.8) is 0 Å². The Morgan fingerprint density at radius 3 is 2.61 bits per heavy atom. The normalized spacial score (nSPS) is 53.1. The lowest BCUT2D eigenvalue weighted by atomic mass is 9.47. The summed E-state index contributed by atoms with van der Waals surface area (Å²) in [6.45, 7) is 10.2. The fourth-order valence-corrected chi connectivity index (χ4v) is 11.7. The molecule has 0 radical (unpaired) electrons. The van der Waals surface area contributed by atoms with Gasteiger partial charge < -0.3 is 44.9 Å². The lowest BCUT2D eigenvalue weighted by Gasteiger charge is -2.58. The third-order valence-electron chi connectivity index (χ3n) is 14.2. The van der Waals surface area contributed by atoms with Gasteiger partial charge in [-0.25, -0.2) is 0 Å². The van der Waals surface area contributed by atoms with E-state index in [0.29, 0.717) is 41.6 Å². The number of ether oxygens (including phenoxy) is 4. The summed E-state index contributed by atoms with van der Waals surface area (Å²) in [5, 5.41) is 36.8. The first-order valence-electron chi connectivity index (χ1n) is 18.2. The van der Waals surface area contributed by atoms with Gasteiger partial charge in [-0.05, 0) is 98.8 Å². The highest BCUT2D eigenvalue weighted by Gasteiger charge is 2.68. The van der Waals surface area contributed by atoms with Crippen molar-refractivity contribution in [3.8, 4) is 0 Å². The van der Waals surface area contributed by atoms with Gasteiger partial charge in [0.25, 0.3) is 0 Å². The molecule has 0 aromatic heterocycles. The van der Waals surface area contributed by atoms with Gasteiger partial charge in [0.15, 0.2) is 12.1 Å². The van der Waals surface area contributed by atoms with Crippen LogP contribution in [0.5, 0.6) is 0 Å². The van der Waals surface area contributed by atoms with E-state index in [-0.39, 0.29) is 35.2 Å². The van der Waals surface area contributed by atoms with Crippen molar-refractivity contribution in [1.82, 2.24) is 10.6 Å². The lowest BCUT2D eigenvalue weighted by Crippen LogP contribution is -2.65. The van der Waals surface area contributed by atoms with E-state index in [1.165, 1.54) is 24.8 Å². The van der Waals surface area contributed by atoms with Gasteiger partial charge in [-0.1, -0.05) is 39.3 Å². The molecule has 7 aliphatic rings. The molecule has 46 heavy (non-hydrogen) atoms. The molecule has 1 spiro atoms. The minimum atomic E-state index is -1.33. The monoisotopic (exact) mass is 646 g/mol. The molecule has 3 saturated carbocycles. The zero-order chi connectivity index (χ0) is 32.6. The Balaban J connectivity index is 1.05. The maximum Gasteiger partial charge on any atom is 0.234 e. The quantitative estimate of drug-likeness (QED) is 0.276. The summed E-state index contributed by atoms with van der Waals surface area (Å²) in [6.07, 6.45) is 7.64. The Morgan fingerprint density at radius 2 is 1.89 bits per heavy atom. The van der Waals surface area contributed by atoms with Crippen LogP contribution in [0.2, 0.25) is 0 Å². The van der Waals surface area contributed by atoms with Crippen molar-refractivity contribution in [2.24, 2.45) is 46.3 Å². The molecule has 4 aliphatic carbocycles. The van der Waals surface area contributed by atoms with Gasteiger partial charge in [0.1, 0.15) is 24.4 Å². The molecular formula is C36H58N2O8. The van der Waals surface area contributed by atoms with Crippen molar-refractivity contribution in [2.45, 2.75) is 134 Å². The Morgan fingerprint density at radius 1 is 1.09 bits per heavy atom. The van der Waals surface area contributed by atoms with Crippen LogP contribution >= 0.6 is 0 Å². The number of rotatable bonds is 6. The van der Waals surface area contributed by atoms with Crippen LogP contribution in [0.15, 0.2) is 11.6 Å². The highest BCUT2D eigenvalue weighted by Crippen LogP contribution is 2.70. The molecular weight excluding hydrogens is 588 g/mol. The average Bonchev–Trinajstić information content (AvgIpc) is 3.48. The van der Waals surface area contributed by atoms with Gasteiger partial charge in [-0.2, -0.15) is 0 Å². The van der Waals surface area contributed by atoms with Crippen LogP contribution in [0.25, 0.3) is 0 Å². The standard InChI is InChI=1S/C36H58N2O8/c1-19-8-13-36(43-18-19)20(2)29-26(46-36)15-25-23-7-6-21-14-22(9-11-34(21,3)24(23)10-12-35(25,29)4)44-33-30(38-28(40)16-37-5)32(42)31(41)27(17-39)45-33/h6,19-20,22-27,29-33,37,39,41-42H,7-18H2,1-5H3,(H,38,40)/t19-,20+,22+,23-,24+,25+,26+,27-,29+,30-,31-,32-,33-,34+,35+,36-/m1/s1. The van der Waals surface area contributed by atoms with Crippen molar-refractivity contribution in [2.75, 3.05) is 26.8 Å². The van der Waals surface area contributed by atoms with E-state index in [1.54, 1.807) is 7.05 Å². The highest BCUT2D eigenvalue weighted by atomic mass is 16.7. The molecule has 3 heterocycles. The fourth-order valence-electron chi connectivity index (χ4n) is 11.7. The zero-order valence-electron chi connectivity index (χ0n) is 28.5. The number of amides is 1. The molecule has 10 heteroatoms. The Bertz CT molecular complexity index is 1170. The largest absolute Gasteiger partial charge is 0.394 e. The highest BCUT2D eigenvalue weighted by molar-refractivity contribution is 5.78. The number of aliphatic hydroxyl groups is 3. The topological polar surface area (TPSA) is 139 Å². The summed E-state index contributed by atoms with van der Waals surface area (Å²) in [7, 11) is 1.67. The van der Waals surface area contributed by atoms with E-state index in [1.807, 2.05) is 0 Å². The number of carbonyl (C=O) groups is 1. The van der Waals surface area contributed by atoms with Crippen LogP contribution in [-0.2, 0) is 23.7 Å². The third kappa shape index (κ3) is 5.24. The summed E-state index contributed by atoms with van der Waals surface area (Å²) in [5.74, 6) is 2.85. The zero-order valence-corrected chi connectivity index (χ0v) is 28.5. The van der Waals surface area contributed by atoms with Crippen LogP contribution in [-0.4, -0.2) is 96.7 Å². The second-order valence-electron chi connectivity index (χ2n) is 16.6. The van der Waals surface area contributed by atoms with Crippen LogP contribution in [0.4, 0.5) is 0 Å². The van der Waals surface area contributed by atoms with E-state index in [4.69, 9.17) is 18.9 Å². The van der Waals surface area contributed by atoms with Crippen molar-refractivity contribution in [1.29, 1.82) is 0 Å². The van der Waals surface area contributed by atoms with E-state index >= 15 is 0 Å². The molecule has 10 nitrogen and oxygen atoms in total. The average molecular weight is 647 g/mol. The van der Waals surface area contributed by atoms with Crippen LogP contribution in [0.3, 0.4) is 0 Å². The minimum absolute atomic E-state index is 0.0627. The Hall–Kier alpha value is -1.11. The number of hydrogen-bond donors (Lipinski definition) is 5. The Kier molecular flexibility index (Phi) is 8.96. The number of nitrogens with one attached hydrogen (secondary N) is 2. The van der Waals surface area contributed by atoms with Crippen LogP contribution in [0.1, 0.15) is 85.5 Å². The molecule has 3 aliphatic heterocycles. The number of likely N-dealkylation sites (N-methyl/N-ethyl adjacent to an activating group) is 1. The maximum atomic E-state index is 12.4. The molecule has 0 unspecified atom stereocenters. The fraction of sp³-hybridized carbons (Fsp3) is 0.917. The first kappa shape index (κ1) is 33.4. The maximum absolute atomic E-state index is 12.4. The number of carbonyl (C=O) groups excluding carboxylic acids is 1. The first-order chi connectivity index (χ1) is 21.9. The van der Waals surface area contributed by atoms with Crippen LogP contribution in [0, 0.1) is 46.3 Å². The molecule has 3 saturated heterocycles. The molecule has 260 valence electrons. The smallest absolute Gasteiger partial charge is 0.234 e. The predicted octanol–water partition coefficient (Wildman–Crippen LogP) is 2.88. The molecule has 16 atom stereocenters. The summed E-state index contributed by atoms with van der Waals surface area (Å²) >= 11 is 0. The predicted molar refractivity (Wildman–Crippen MR) is 170 cm³/mol. The van der Waals surface area contributed by atoms with Gasteiger partial charge in [-0.3, -0.25) is 4.79 Å². The number of aliphatic hydroxyl groups excluding tert-OH is 3. The van der Waals surface area contributed by atoms with E-state index in [2.05, 4.69) is 44.4 Å². The summed E-state index contributed by atoms with van der Waals surface area (Å²) in [6, 6.07) is -0.944. The molecule has 0 bridgehead atoms. The molecule has 0 aromatic carbocycles. The van der Waals surface area contributed by atoms with Gasteiger partial charge in [0.05, 0.1) is 32.0 Å². The second-order valence-corrected chi connectivity index (χ2v) is 16.6. The van der Waals surface area contributed by atoms with Gasteiger partial charge in [0.2, 0.25) is 5.91 Å². The molecule has 6 fully saturated rings. The van der Waals surface area contributed by atoms with E-state index in [9.17, 15) is 20.1 Å². The van der Waals surface area contributed by atoms with Crippen molar-refractivity contribution >= 4 is 5.91 Å². The van der Waals surface area contributed by atoms with Crippen molar-refractivity contribution < 1.29 is 39.1 Å². The van der Waals surface area contributed by atoms with Gasteiger partial charge in [0, 0.05) is 12.3 Å². The molecule has 0 aromatic rings. The SMILES string of the molecule is CNCC(=O)N[C@H]1[C@H](O[C@H]2CC[C@@]3(C)C(=CC[C@H]4[C@@H]5C[C@@H]6O[C@]7(CC[C@@H](C)CO7)[C@@H](C)[C@@H]6[C@@]5(C)CC[C@@H]43)C2)O[C@H](CO)[C@@H](O)[C@@H]1O. The minimum Gasteiger partial charge on any atom is -0.394 e. The van der Waals surface area contributed by atoms with Crippen molar-refractivity contribution in [3.05, 3.63) is 11.6 Å². The summed E-state index contributed by atoms with van der Waals surface area (Å²) < 4.78 is 25.9. The van der Waals surface area contributed by atoms with Gasteiger partial charge in [-0.15, -0.1) is 0 Å². The van der Waals surface area contributed by atoms with Gasteiger partial charge >= 0.3 is 0 Å². The third-order valence-corrected chi connectivity index (χ3v) is 14.2. The second kappa shape index (κ2) is 12.3. The van der Waals surface area contributed by atoms with E-state index < -0.39 is 37.3 Å². The lowest BCUT2D eigenvalue weighted by molar-refractivity contribution is -0.284. The molecule has 7 rings (SSSR count). The first-order valence-corrected chi connectivity index (χ1v) is 18.2. The summed E-state index contributed by atoms with van der Waals surface area (Å²) in [5.41, 5.74) is 1.86. The Labute approximate surface area is 274 Å². The molecule has 5 N–H and O–H groups in total. The number of allylic oxidation sites excluding steroid dienone is 1. The van der Waals surface area contributed by atoms with E-state index in [0.717, 1.165) is 45.1 Å². The summed E-state index contributed by atoms with van der Waals surface area (Å²) in [4.78, 5) is 12.4. The molecule has 1 amide bonds. The number of fused-ring (bicyclic) bond motifs is 7.